The molecular formula is C25H29N7O. The second-order valence-electron chi connectivity index (χ2n) is 8.68. The summed E-state index contributed by atoms with van der Waals surface area (Å²) in [5, 5.41) is 22.5. The number of anilines is 1. The van der Waals surface area contributed by atoms with E-state index in [1.807, 2.05) is 37.1 Å². The predicted octanol–water partition coefficient (Wildman–Crippen LogP) is 4.39. The summed E-state index contributed by atoms with van der Waals surface area (Å²) in [7, 11) is 1.91. The molecule has 170 valence electrons. The van der Waals surface area contributed by atoms with Crippen molar-refractivity contribution in [2.24, 2.45) is 17.8 Å². The lowest BCUT2D eigenvalue weighted by Gasteiger charge is -2.18. The van der Waals surface area contributed by atoms with Crippen LogP contribution in [0.4, 0.5) is 11.4 Å². The van der Waals surface area contributed by atoms with Crippen molar-refractivity contribution in [3.05, 3.63) is 60.2 Å². The number of benzene rings is 1. The Hall–Kier alpha value is -3.81. The van der Waals surface area contributed by atoms with Crippen molar-refractivity contribution in [2.75, 3.05) is 5.32 Å². The van der Waals surface area contributed by atoms with Gasteiger partial charge in [0.15, 0.2) is 0 Å². The highest BCUT2D eigenvalue weighted by molar-refractivity contribution is 6.06. The van der Waals surface area contributed by atoms with E-state index in [-0.39, 0.29) is 5.75 Å². The number of hydrogen-bond acceptors (Lipinski definition) is 5. The number of nitrogens with one attached hydrogen (secondary N) is 1. The number of aromatic hydroxyl groups is 1. The molecule has 4 N–H and O–H groups in total. The molecule has 0 aliphatic heterocycles. The molecule has 0 radical (unpaired) electrons. The lowest BCUT2D eigenvalue weighted by molar-refractivity contribution is 0.474. The van der Waals surface area contributed by atoms with E-state index in [0.29, 0.717) is 11.9 Å². The quantitative estimate of drug-likeness (QED) is 0.303. The van der Waals surface area contributed by atoms with E-state index in [4.69, 9.17) is 10.7 Å². The van der Waals surface area contributed by atoms with Crippen LogP contribution in [-0.4, -0.2) is 36.4 Å². The largest absolute Gasteiger partial charge is 0.508 e. The Balaban J connectivity index is 1.62. The molecule has 0 saturated heterocycles. The number of nitrogens with two attached hydrogens (primary N) is 1. The summed E-state index contributed by atoms with van der Waals surface area (Å²) < 4.78 is 3.68. The zero-order chi connectivity index (χ0) is 22.9. The van der Waals surface area contributed by atoms with Gasteiger partial charge in [-0.15, -0.1) is 0 Å². The van der Waals surface area contributed by atoms with Crippen molar-refractivity contribution in [1.82, 2.24) is 19.4 Å². The van der Waals surface area contributed by atoms with Gasteiger partial charge in [-0.05, 0) is 49.1 Å². The number of nitrogens with zero attached hydrogens (tertiary/aromatic N) is 5. The Bertz CT molecular complexity index is 1330. The number of hydrogen-bond donors (Lipinski definition) is 3. The summed E-state index contributed by atoms with van der Waals surface area (Å²) in [5.74, 6) is 0.627. The van der Waals surface area contributed by atoms with Gasteiger partial charge >= 0.3 is 0 Å². The smallest absolute Gasteiger partial charge is 0.135 e. The second kappa shape index (κ2) is 8.61. The fourth-order valence-electron chi connectivity index (χ4n) is 4.56. The molecule has 1 aromatic carbocycles. The molecule has 0 spiro atoms. The summed E-state index contributed by atoms with van der Waals surface area (Å²) in [5.41, 5.74) is 13.0. The summed E-state index contributed by atoms with van der Waals surface area (Å²) in [6.45, 7) is 2.03. The molecule has 3 heterocycles. The Kier molecular flexibility index (Phi) is 5.50. The fourth-order valence-corrected chi connectivity index (χ4v) is 4.56. The molecule has 1 aliphatic carbocycles. The lowest BCUT2D eigenvalue weighted by Crippen LogP contribution is -2.22. The van der Waals surface area contributed by atoms with E-state index < -0.39 is 0 Å². The third kappa shape index (κ3) is 4.16. The normalized spacial score (nSPS) is 14.9. The minimum Gasteiger partial charge on any atom is -0.508 e. The molecule has 0 atom stereocenters. The van der Waals surface area contributed by atoms with Crippen LogP contribution in [0.15, 0.2) is 54.0 Å². The summed E-state index contributed by atoms with van der Waals surface area (Å²) in [6, 6.07) is 7.69. The van der Waals surface area contributed by atoms with E-state index in [2.05, 4.69) is 21.6 Å². The van der Waals surface area contributed by atoms with Crippen molar-refractivity contribution in [1.29, 1.82) is 0 Å². The van der Waals surface area contributed by atoms with Crippen LogP contribution in [0.5, 0.6) is 5.75 Å². The first-order valence-electron chi connectivity index (χ1n) is 11.4. The first-order valence-corrected chi connectivity index (χ1v) is 11.4. The lowest BCUT2D eigenvalue weighted by atomic mass is 10.1. The van der Waals surface area contributed by atoms with Gasteiger partial charge in [-0.25, -0.2) is 9.51 Å². The summed E-state index contributed by atoms with van der Waals surface area (Å²) in [6.07, 6.45) is 13.1. The molecule has 1 fully saturated rings. The van der Waals surface area contributed by atoms with Gasteiger partial charge in [0, 0.05) is 36.6 Å². The van der Waals surface area contributed by atoms with Crippen molar-refractivity contribution >= 4 is 22.7 Å². The fraction of sp³-hybridized carbons (Fsp3) is 0.320. The highest BCUT2D eigenvalue weighted by atomic mass is 16.3. The van der Waals surface area contributed by atoms with Crippen LogP contribution in [0, 0.1) is 0 Å². The highest BCUT2D eigenvalue weighted by Crippen LogP contribution is 2.32. The van der Waals surface area contributed by atoms with Gasteiger partial charge in [-0.3, -0.25) is 4.68 Å². The maximum Gasteiger partial charge on any atom is 0.135 e. The van der Waals surface area contributed by atoms with Crippen LogP contribution in [0.2, 0.25) is 0 Å². The van der Waals surface area contributed by atoms with Crippen molar-refractivity contribution in [3.63, 3.8) is 0 Å². The molecule has 8 heteroatoms. The van der Waals surface area contributed by atoms with E-state index in [0.717, 1.165) is 58.4 Å². The first-order chi connectivity index (χ1) is 16.0. The maximum atomic E-state index is 9.83. The first kappa shape index (κ1) is 21.1. The number of rotatable bonds is 6. The molecule has 33 heavy (non-hydrogen) atoms. The Morgan fingerprint density at radius 1 is 1.15 bits per heavy atom. The topological polar surface area (TPSA) is 106 Å². The molecule has 0 unspecified atom stereocenters. The summed E-state index contributed by atoms with van der Waals surface area (Å²) in [4.78, 5) is 4.73. The monoisotopic (exact) mass is 443 g/mol. The van der Waals surface area contributed by atoms with Crippen LogP contribution in [-0.2, 0) is 13.5 Å². The van der Waals surface area contributed by atoms with Crippen LogP contribution in [0.1, 0.15) is 43.7 Å². The number of phenols is 1. The third-order valence-corrected chi connectivity index (χ3v) is 6.34. The number of aromatic nitrogens is 4. The molecule has 0 bridgehead atoms. The zero-order valence-electron chi connectivity index (χ0n) is 19.0. The highest BCUT2D eigenvalue weighted by Gasteiger charge is 2.21. The van der Waals surface area contributed by atoms with Gasteiger partial charge in [-0.2, -0.15) is 10.2 Å². The van der Waals surface area contributed by atoms with Gasteiger partial charge in [0.25, 0.3) is 0 Å². The van der Waals surface area contributed by atoms with E-state index in [1.165, 1.54) is 12.8 Å². The number of aliphatic imine (C=N–C) groups is 1. The molecule has 1 aliphatic rings. The molecule has 4 aromatic rings. The van der Waals surface area contributed by atoms with Crippen LogP contribution >= 0.6 is 0 Å². The maximum absolute atomic E-state index is 9.83. The average Bonchev–Trinajstić information content (AvgIpc) is 3.55. The van der Waals surface area contributed by atoms with Gasteiger partial charge in [0.2, 0.25) is 0 Å². The Morgan fingerprint density at radius 3 is 2.70 bits per heavy atom. The van der Waals surface area contributed by atoms with Crippen LogP contribution < -0.4 is 11.1 Å². The second-order valence-corrected chi connectivity index (χ2v) is 8.68. The van der Waals surface area contributed by atoms with Crippen molar-refractivity contribution in [2.45, 2.75) is 45.1 Å². The predicted molar refractivity (Wildman–Crippen MR) is 131 cm³/mol. The Morgan fingerprint density at radius 2 is 1.97 bits per heavy atom. The minimum atomic E-state index is 0.229. The third-order valence-electron chi connectivity index (χ3n) is 6.34. The average molecular weight is 444 g/mol. The van der Waals surface area contributed by atoms with E-state index in [9.17, 15) is 5.11 Å². The minimum absolute atomic E-state index is 0.229. The van der Waals surface area contributed by atoms with E-state index in [1.54, 1.807) is 29.1 Å². The van der Waals surface area contributed by atoms with Crippen LogP contribution in [0.25, 0.3) is 16.6 Å². The van der Waals surface area contributed by atoms with Gasteiger partial charge in [0.1, 0.15) is 11.6 Å². The molecule has 5 rings (SSSR count). The van der Waals surface area contributed by atoms with E-state index >= 15 is 0 Å². The SMILES string of the molecule is CCc1cc(O)ccc1/N=C(\N)c1cnn2cc(-c3cnn(C)c3)cc2c1NC1CCCC1. The van der Waals surface area contributed by atoms with Gasteiger partial charge in [0.05, 0.1) is 34.8 Å². The van der Waals surface area contributed by atoms with Gasteiger partial charge in [-0.1, -0.05) is 19.8 Å². The molecule has 3 aromatic heterocycles. The number of aryl methyl sites for hydroxylation is 2. The van der Waals surface area contributed by atoms with Crippen LogP contribution in [0.3, 0.4) is 0 Å². The number of phenolic OH excluding ortho intramolecular Hbond substituents is 1. The molecule has 0 amide bonds. The molecule has 1 saturated carbocycles. The molecule has 8 nitrogen and oxygen atoms in total. The van der Waals surface area contributed by atoms with Crippen molar-refractivity contribution in [3.8, 4) is 16.9 Å². The zero-order valence-corrected chi connectivity index (χ0v) is 19.0. The number of fused-ring (bicyclic) bond motifs is 1. The van der Waals surface area contributed by atoms with Crippen molar-refractivity contribution < 1.29 is 5.11 Å². The Labute approximate surface area is 192 Å². The standard InChI is InChI=1S/C25H29N7O/c1-3-16-10-20(33)8-9-22(16)30-25(26)21-13-28-32-15-17(18-12-27-31(2)14-18)11-23(32)24(21)29-19-6-4-5-7-19/h8-15,19,29,33H,3-7H2,1-2H3,(H2,26,30). The summed E-state index contributed by atoms with van der Waals surface area (Å²) >= 11 is 0. The van der Waals surface area contributed by atoms with Gasteiger partial charge < -0.3 is 16.2 Å². The molecular weight excluding hydrogens is 414 g/mol. The number of amidine groups is 1.